The average molecular weight is 404 g/mol. The Balaban J connectivity index is 1.74. The van der Waals surface area contributed by atoms with E-state index in [4.69, 9.17) is 9.47 Å². The molecule has 0 bridgehead atoms. The van der Waals surface area contributed by atoms with Crippen molar-refractivity contribution in [3.05, 3.63) is 54.1 Å². The first kappa shape index (κ1) is 20.2. The summed E-state index contributed by atoms with van der Waals surface area (Å²) in [5.41, 5.74) is 0.698. The van der Waals surface area contributed by atoms with Gasteiger partial charge in [0.05, 0.1) is 24.2 Å². The van der Waals surface area contributed by atoms with Gasteiger partial charge in [-0.3, -0.25) is 9.52 Å². The summed E-state index contributed by atoms with van der Waals surface area (Å²) in [4.78, 5) is 12.6. The van der Waals surface area contributed by atoms with Gasteiger partial charge in [-0.2, -0.15) is 0 Å². The molecule has 2 atom stereocenters. The molecule has 0 unspecified atom stereocenters. The summed E-state index contributed by atoms with van der Waals surface area (Å²) in [6.45, 7) is 0. The molecule has 1 aliphatic carbocycles. The topological polar surface area (TPSA) is 93.7 Å². The average Bonchev–Trinajstić information content (AvgIpc) is 3.15. The van der Waals surface area contributed by atoms with Crippen molar-refractivity contribution in [1.82, 2.24) is 5.32 Å². The Hall–Kier alpha value is -2.58. The molecule has 2 aromatic carbocycles. The third kappa shape index (κ3) is 4.63. The largest absolute Gasteiger partial charge is 0.497 e. The van der Waals surface area contributed by atoms with Gasteiger partial charge in [-0.05, 0) is 61.7 Å². The molecule has 2 aromatic rings. The van der Waals surface area contributed by atoms with Gasteiger partial charge in [-0.1, -0.05) is 6.07 Å². The monoisotopic (exact) mass is 404 g/mol. The van der Waals surface area contributed by atoms with Gasteiger partial charge in [-0.15, -0.1) is 0 Å². The third-order valence-electron chi connectivity index (χ3n) is 4.82. The maximum absolute atomic E-state index is 12.7. The third-order valence-corrected chi connectivity index (χ3v) is 6.20. The van der Waals surface area contributed by atoms with Crippen molar-refractivity contribution in [3.8, 4) is 5.75 Å². The molecule has 1 aliphatic rings. The van der Waals surface area contributed by atoms with E-state index in [0.717, 1.165) is 19.3 Å². The molecular formula is C20H24N2O5S. The van der Waals surface area contributed by atoms with Crippen molar-refractivity contribution in [2.75, 3.05) is 18.9 Å². The number of ether oxygens (including phenoxy) is 2. The summed E-state index contributed by atoms with van der Waals surface area (Å²) >= 11 is 0. The van der Waals surface area contributed by atoms with E-state index in [-0.39, 0.29) is 22.9 Å². The molecule has 2 N–H and O–H groups in total. The van der Waals surface area contributed by atoms with Gasteiger partial charge in [-0.25, -0.2) is 8.42 Å². The second-order valence-corrected chi connectivity index (χ2v) is 8.33. The molecule has 0 saturated heterocycles. The van der Waals surface area contributed by atoms with Crippen LogP contribution in [0.1, 0.15) is 29.6 Å². The van der Waals surface area contributed by atoms with Crippen LogP contribution in [0, 0.1) is 0 Å². The van der Waals surface area contributed by atoms with Crippen LogP contribution in [0.25, 0.3) is 0 Å². The Morgan fingerprint density at radius 2 is 1.82 bits per heavy atom. The van der Waals surface area contributed by atoms with Gasteiger partial charge in [0, 0.05) is 18.4 Å². The predicted molar refractivity (Wildman–Crippen MR) is 106 cm³/mol. The number of rotatable bonds is 7. The molecule has 0 spiro atoms. The Morgan fingerprint density at radius 1 is 1.07 bits per heavy atom. The van der Waals surface area contributed by atoms with Crippen LogP contribution in [0.15, 0.2) is 53.4 Å². The Morgan fingerprint density at radius 3 is 2.50 bits per heavy atom. The van der Waals surface area contributed by atoms with E-state index >= 15 is 0 Å². The minimum Gasteiger partial charge on any atom is -0.497 e. The fourth-order valence-electron chi connectivity index (χ4n) is 3.30. The van der Waals surface area contributed by atoms with E-state index in [1.54, 1.807) is 43.5 Å². The van der Waals surface area contributed by atoms with Crippen LogP contribution in [0.4, 0.5) is 5.69 Å². The van der Waals surface area contributed by atoms with Crippen molar-refractivity contribution >= 4 is 21.6 Å². The first-order valence-corrected chi connectivity index (χ1v) is 10.5. The van der Waals surface area contributed by atoms with Crippen LogP contribution in [0.5, 0.6) is 5.75 Å². The molecule has 150 valence electrons. The minimum atomic E-state index is -3.83. The zero-order chi connectivity index (χ0) is 20.1. The van der Waals surface area contributed by atoms with Gasteiger partial charge in [0.15, 0.2) is 0 Å². The lowest BCUT2D eigenvalue weighted by Gasteiger charge is -2.19. The first-order chi connectivity index (χ1) is 13.4. The molecule has 7 nitrogen and oxygen atoms in total. The molecular weight excluding hydrogens is 380 g/mol. The van der Waals surface area contributed by atoms with E-state index in [1.807, 2.05) is 0 Å². The van der Waals surface area contributed by atoms with Crippen molar-refractivity contribution in [2.45, 2.75) is 36.3 Å². The number of hydrogen-bond donors (Lipinski definition) is 2. The molecule has 8 heteroatoms. The molecule has 0 aliphatic heterocycles. The van der Waals surface area contributed by atoms with Crippen LogP contribution in [-0.2, 0) is 14.8 Å². The van der Waals surface area contributed by atoms with Crippen LogP contribution < -0.4 is 14.8 Å². The molecule has 28 heavy (non-hydrogen) atoms. The maximum Gasteiger partial charge on any atom is 0.261 e. The van der Waals surface area contributed by atoms with Crippen molar-refractivity contribution in [2.24, 2.45) is 0 Å². The lowest BCUT2D eigenvalue weighted by Crippen LogP contribution is -2.40. The number of benzene rings is 2. The highest BCUT2D eigenvalue weighted by atomic mass is 32.2. The molecule has 1 fully saturated rings. The number of nitrogens with one attached hydrogen (secondary N) is 2. The van der Waals surface area contributed by atoms with Crippen molar-refractivity contribution in [3.63, 3.8) is 0 Å². The Bertz CT molecular complexity index is 928. The fraction of sp³-hybridized carbons (Fsp3) is 0.350. The number of sulfonamides is 1. The molecule has 0 aromatic heterocycles. The normalized spacial score (nSPS) is 19.2. The quantitative estimate of drug-likeness (QED) is 0.740. The molecule has 0 heterocycles. The molecule has 3 rings (SSSR count). The number of methoxy groups -OCH3 is 2. The van der Waals surface area contributed by atoms with Gasteiger partial charge >= 0.3 is 0 Å². The van der Waals surface area contributed by atoms with Crippen LogP contribution in [0.3, 0.4) is 0 Å². The summed E-state index contributed by atoms with van der Waals surface area (Å²) in [5, 5.41) is 2.94. The van der Waals surface area contributed by atoms with Crippen molar-refractivity contribution in [1.29, 1.82) is 0 Å². The summed E-state index contributed by atoms with van der Waals surface area (Å²) < 4.78 is 38.3. The minimum absolute atomic E-state index is 0.00685. The highest BCUT2D eigenvalue weighted by Crippen LogP contribution is 2.23. The molecule has 1 saturated carbocycles. The van der Waals surface area contributed by atoms with E-state index in [9.17, 15) is 13.2 Å². The zero-order valence-electron chi connectivity index (χ0n) is 15.8. The highest BCUT2D eigenvalue weighted by Gasteiger charge is 2.29. The van der Waals surface area contributed by atoms with E-state index < -0.39 is 10.0 Å². The molecule has 1 amide bonds. The lowest BCUT2D eigenvalue weighted by atomic mass is 10.1. The summed E-state index contributed by atoms with van der Waals surface area (Å²) in [6.07, 6.45) is 2.74. The number of hydrogen-bond acceptors (Lipinski definition) is 5. The summed E-state index contributed by atoms with van der Waals surface area (Å²) in [6, 6.07) is 12.5. The Labute approximate surface area is 165 Å². The van der Waals surface area contributed by atoms with Crippen molar-refractivity contribution < 1.29 is 22.7 Å². The number of anilines is 1. The maximum atomic E-state index is 12.7. The second kappa shape index (κ2) is 8.62. The zero-order valence-corrected chi connectivity index (χ0v) is 16.7. The van der Waals surface area contributed by atoms with E-state index in [1.165, 1.54) is 19.2 Å². The first-order valence-electron chi connectivity index (χ1n) is 9.03. The van der Waals surface area contributed by atoms with Crippen LogP contribution in [-0.4, -0.2) is 40.7 Å². The van der Waals surface area contributed by atoms with E-state index in [2.05, 4.69) is 10.0 Å². The summed E-state index contributed by atoms with van der Waals surface area (Å²) in [7, 11) is -0.657. The lowest BCUT2D eigenvalue weighted by molar-refractivity contribution is 0.0722. The standard InChI is InChI=1S/C20H24N2O5S/c1-26-16-11-9-15(10-12-16)22-28(24,25)17-6-3-5-14(13-17)20(23)21-18-7-4-8-19(18)27-2/h3,5-6,9-13,18-19,22H,4,7-8H2,1-2H3,(H,21,23)/t18-,19+/m0/s1. The van der Waals surface area contributed by atoms with Gasteiger partial charge < -0.3 is 14.8 Å². The highest BCUT2D eigenvalue weighted by molar-refractivity contribution is 7.92. The summed E-state index contributed by atoms with van der Waals surface area (Å²) in [5.74, 6) is 0.318. The predicted octanol–water partition coefficient (Wildman–Crippen LogP) is 2.79. The number of amides is 1. The number of carbonyl (C=O) groups is 1. The van der Waals surface area contributed by atoms with Crippen LogP contribution >= 0.6 is 0 Å². The second-order valence-electron chi connectivity index (χ2n) is 6.65. The van der Waals surface area contributed by atoms with Crippen LogP contribution in [0.2, 0.25) is 0 Å². The SMILES string of the molecule is COc1ccc(NS(=O)(=O)c2cccc(C(=O)N[C@H]3CCC[C@H]3OC)c2)cc1. The fourth-order valence-corrected chi connectivity index (χ4v) is 4.41. The Kier molecular flexibility index (Phi) is 6.21. The van der Waals surface area contributed by atoms with Gasteiger partial charge in [0.25, 0.3) is 15.9 Å². The van der Waals surface area contributed by atoms with Gasteiger partial charge in [0.1, 0.15) is 5.75 Å². The van der Waals surface area contributed by atoms with E-state index in [0.29, 0.717) is 17.0 Å². The smallest absolute Gasteiger partial charge is 0.261 e. The molecule has 0 radical (unpaired) electrons. The number of carbonyl (C=O) groups excluding carboxylic acids is 1. The van der Waals surface area contributed by atoms with Gasteiger partial charge in [0.2, 0.25) is 0 Å².